The standard InChI is InChI=1S/C22H30O6/c1-12(2)17-9-16(10-18(13(3)4)22(17)25)19-7-8-20(27-15(6)24)21(28-19)11-26-14(5)23/h7-10,12-13,19-21,25H,11H2,1-6H3/t19-,20-,21+/m0/s1. The molecule has 6 nitrogen and oxygen atoms in total. The summed E-state index contributed by atoms with van der Waals surface area (Å²) in [6.07, 6.45) is 1.96. The normalized spacial score (nSPS) is 21.8. The molecule has 1 aromatic carbocycles. The minimum Gasteiger partial charge on any atom is -0.507 e. The molecular weight excluding hydrogens is 360 g/mol. The molecule has 2 rings (SSSR count). The molecule has 0 spiro atoms. The zero-order chi connectivity index (χ0) is 21.0. The molecule has 1 heterocycles. The van der Waals surface area contributed by atoms with Crippen LogP contribution in [0.25, 0.3) is 0 Å². The quantitative estimate of drug-likeness (QED) is 0.581. The van der Waals surface area contributed by atoms with Crippen molar-refractivity contribution >= 4 is 11.9 Å². The molecule has 6 heteroatoms. The van der Waals surface area contributed by atoms with E-state index in [9.17, 15) is 14.7 Å². The van der Waals surface area contributed by atoms with Gasteiger partial charge in [0.25, 0.3) is 0 Å². The van der Waals surface area contributed by atoms with Crippen molar-refractivity contribution in [3.8, 4) is 5.75 Å². The average molecular weight is 390 g/mol. The molecule has 154 valence electrons. The Labute approximate surface area is 166 Å². The van der Waals surface area contributed by atoms with E-state index in [4.69, 9.17) is 14.2 Å². The second-order valence-corrected chi connectivity index (χ2v) is 7.71. The van der Waals surface area contributed by atoms with Crippen LogP contribution in [-0.4, -0.2) is 35.9 Å². The summed E-state index contributed by atoms with van der Waals surface area (Å²) in [4.78, 5) is 22.6. The van der Waals surface area contributed by atoms with E-state index in [0.29, 0.717) is 5.75 Å². The Hall–Kier alpha value is -2.34. The number of carbonyl (C=O) groups excluding carboxylic acids is 2. The lowest BCUT2D eigenvalue weighted by Gasteiger charge is -2.32. The summed E-state index contributed by atoms with van der Waals surface area (Å²) in [7, 11) is 0. The Morgan fingerprint density at radius 3 is 2.07 bits per heavy atom. The summed E-state index contributed by atoms with van der Waals surface area (Å²) < 4.78 is 16.5. The van der Waals surface area contributed by atoms with Gasteiger partial charge < -0.3 is 19.3 Å². The molecule has 0 fully saturated rings. The average Bonchev–Trinajstić information content (AvgIpc) is 2.60. The maximum Gasteiger partial charge on any atom is 0.303 e. The van der Waals surface area contributed by atoms with Gasteiger partial charge >= 0.3 is 11.9 Å². The minimum absolute atomic E-state index is 0.0136. The van der Waals surface area contributed by atoms with Crippen LogP contribution < -0.4 is 0 Å². The van der Waals surface area contributed by atoms with E-state index in [1.807, 2.05) is 45.9 Å². The second kappa shape index (κ2) is 9.24. The van der Waals surface area contributed by atoms with Crippen molar-refractivity contribution in [2.24, 2.45) is 0 Å². The Morgan fingerprint density at radius 2 is 1.61 bits per heavy atom. The number of hydrogen-bond donors (Lipinski definition) is 1. The smallest absolute Gasteiger partial charge is 0.303 e. The molecule has 0 amide bonds. The number of benzene rings is 1. The lowest BCUT2D eigenvalue weighted by Crippen LogP contribution is -2.39. The summed E-state index contributed by atoms with van der Waals surface area (Å²) >= 11 is 0. The minimum atomic E-state index is -0.626. The molecule has 1 aliphatic heterocycles. The van der Waals surface area contributed by atoms with Crippen LogP contribution in [0.1, 0.15) is 76.2 Å². The Morgan fingerprint density at radius 1 is 1.04 bits per heavy atom. The molecule has 1 N–H and O–H groups in total. The SMILES string of the molecule is CC(=O)OC[C@H]1O[C@H](c2cc(C(C)C)c(O)c(C(C)C)c2)C=C[C@@H]1OC(C)=O. The van der Waals surface area contributed by atoms with Gasteiger partial charge in [-0.3, -0.25) is 9.59 Å². The number of carbonyl (C=O) groups is 2. The number of hydrogen-bond acceptors (Lipinski definition) is 6. The second-order valence-electron chi connectivity index (χ2n) is 7.71. The van der Waals surface area contributed by atoms with E-state index in [-0.39, 0.29) is 18.4 Å². The van der Waals surface area contributed by atoms with Crippen molar-refractivity contribution in [1.29, 1.82) is 0 Å². The fraction of sp³-hybridized carbons (Fsp3) is 0.545. The van der Waals surface area contributed by atoms with Crippen molar-refractivity contribution in [3.05, 3.63) is 41.0 Å². The van der Waals surface area contributed by atoms with Gasteiger partial charge in [0.05, 0.1) is 0 Å². The predicted molar refractivity (Wildman–Crippen MR) is 105 cm³/mol. The first-order chi connectivity index (χ1) is 13.1. The molecule has 1 aromatic rings. The molecule has 1 aliphatic rings. The van der Waals surface area contributed by atoms with Crippen molar-refractivity contribution in [2.45, 2.75) is 71.7 Å². The van der Waals surface area contributed by atoms with Crippen LogP contribution in [0.3, 0.4) is 0 Å². The van der Waals surface area contributed by atoms with Crippen molar-refractivity contribution < 1.29 is 28.9 Å². The zero-order valence-corrected chi connectivity index (χ0v) is 17.4. The van der Waals surface area contributed by atoms with E-state index in [0.717, 1.165) is 16.7 Å². The van der Waals surface area contributed by atoms with E-state index in [1.165, 1.54) is 13.8 Å². The van der Waals surface area contributed by atoms with Crippen molar-refractivity contribution in [1.82, 2.24) is 0 Å². The van der Waals surface area contributed by atoms with Gasteiger partial charge in [0, 0.05) is 13.8 Å². The lowest BCUT2D eigenvalue weighted by atomic mass is 9.89. The number of ether oxygens (including phenoxy) is 3. The summed E-state index contributed by atoms with van der Waals surface area (Å²) in [5.41, 5.74) is 2.62. The highest BCUT2D eigenvalue weighted by molar-refractivity contribution is 5.67. The third-order valence-electron chi connectivity index (χ3n) is 4.68. The third-order valence-corrected chi connectivity index (χ3v) is 4.68. The lowest BCUT2D eigenvalue weighted by molar-refractivity contribution is -0.163. The highest BCUT2D eigenvalue weighted by Crippen LogP contribution is 2.38. The topological polar surface area (TPSA) is 82.1 Å². The number of phenolic OH excluding ortho intramolecular Hbond substituents is 1. The molecule has 0 saturated carbocycles. The summed E-state index contributed by atoms with van der Waals surface area (Å²) in [6.45, 7) is 10.7. The molecule has 0 unspecified atom stereocenters. The Balaban J connectivity index is 2.38. The Kier molecular flexibility index (Phi) is 7.24. The van der Waals surface area contributed by atoms with Gasteiger partial charge in [-0.2, -0.15) is 0 Å². The zero-order valence-electron chi connectivity index (χ0n) is 17.4. The summed E-state index contributed by atoms with van der Waals surface area (Å²) in [6, 6.07) is 3.88. The molecule has 0 aromatic heterocycles. The molecule has 0 aliphatic carbocycles. The van der Waals surface area contributed by atoms with E-state index in [1.54, 1.807) is 6.08 Å². The third kappa shape index (κ3) is 5.35. The van der Waals surface area contributed by atoms with Crippen LogP contribution >= 0.6 is 0 Å². The molecule has 0 radical (unpaired) electrons. The number of phenols is 1. The molecule has 3 atom stereocenters. The first kappa shape index (κ1) is 22.0. The maximum atomic E-state index is 11.4. The maximum absolute atomic E-state index is 11.4. The van der Waals surface area contributed by atoms with Gasteiger partial charge in [-0.05, 0) is 46.7 Å². The van der Waals surface area contributed by atoms with Gasteiger partial charge in [-0.15, -0.1) is 0 Å². The van der Waals surface area contributed by atoms with Crippen molar-refractivity contribution in [3.63, 3.8) is 0 Å². The monoisotopic (exact) mass is 390 g/mol. The van der Waals surface area contributed by atoms with Gasteiger partial charge in [0.15, 0.2) is 0 Å². The molecule has 0 bridgehead atoms. The van der Waals surface area contributed by atoms with Crippen LogP contribution in [0, 0.1) is 0 Å². The van der Waals surface area contributed by atoms with Crippen LogP contribution in [0.4, 0.5) is 0 Å². The van der Waals surface area contributed by atoms with Crippen LogP contribution in [-0.2, 0) is 23.8 Å². The fourth-order valence-electron chi connectivity index (χ4n) is 3.22. The predicted octanol–water partition coefficient (Wildman–Crippen LogP) is 4.13. The van der Waals surface area contributed by atoms with Crippen LogP contribution in [0.2, 0.25) is 0 Å². The van der Waals surface area contributed by atoms with Gasteiger partial charge in [-0.25, -0.2) is 0 Å². The first-order valence-corrected chi connectivity index (χ1v) is 9.61. The van der Waals surface area contributed by atoms with E-state index < -0.39 is 30.3 Å². The Bertz CT molecular complexity index is 720. The van der Waals surface area contributed by atoms with Crippen molar-refractivity contribution in [2.75, 3.05) is 6.61 Å². The number of esters is 2. The van der Waals surface area contributed by atoms with Crippen LogP contribution in [0.15, 0.2) is 24.3 Å². The number of rotatable bonds is 6. The summed E-state index contributed by atoms with van der Waals surface area (Å²) in [5, 5.41) is 10.6. The van der Waals surface area contributed by atoms with Gasteiger partial charge in [-0.1, -0.05) is 33.8 Å². The first-order valence-electron chi connectivity index (χ1n) is 9.61. The van der Waals surface area contributed by atoms with Gasteiger partial charge in [0.1, 0.15) is 30.7 Å². The summed E-state index contributed by atoms with van der Waals surface area (Å²) in [5.74, 6) is -0.238. The molecule has 28 heavy (non-hydrogen) atoms. The fourth-order valence-corrected chi connectivity index (χ4v) is 3.22. The molecular formula is C22H30O6. The highest BCUT2D eigenvalue weighted by atomic mass is 16.6. The van der Waals surface area contributed by atoms with E-state index >= 15 is 0 Å². The number of aromatic hydroxyl groups is 1. The van der Waals surface area contributed by atoms with Crippen LogP contribution in [0.5, 0.6) is 5.75 Å². The highest BCUT2D eigenvalue weighted by Gasteiger charge is 2.32. The molecule has 0 saturated heterocycles. The van der Waals surface area contributed by atoms with Gasteiger partial charge in [0.2, 0.25) is 0 Å². The largest absolute Gasteiger partial charge is 0.507 e. The van der Waals surface area contributed by atoms with E-state index in [2.05, 4.69) is 0 Å².